The first-order valence-electron chi connectivity index (χ1n) is 49.5. The third-order valence-corrected chi connectivity index (χ3v) is 27.4. The van der Waals surface area contributed by atoms with E-state index in [1.807, 2.05) is 364 Å². The van der Waals surface area contributed by atoms with Crippen LogP contribution in [-0.4, -0.2) is 67.5 Å². The number of hydrogen-bond acceptors (Lipinski definition) is 17. The fourth-order valence-electron chi connectivity index (χ4n) is 20.2. The highest BCUT2D eigenvalue weighted by Crippen LogP contribution is 2.50. The number of nitrogens with one attached hydrogen (secondary N) is 1. The molecular weight excluding hydrogens is 1850 g/mol. The Morgan fingerprint density at radius 2 is 0.687 bits per heavy atom. The summed E-state index contributed by atoms with van der Waals surface area (Å²) in [4.78, 5) is 55.5. The number of allylic oxidation sites excluding steroid dienone is 2. The van der Waals surface area contributed by atoms with E-state index in [1.54, 1.807) is 0 Å². The number of para-hydroxylation sites is 4. The zero-order chi connectivity index (χ0) is 99.5. The van der Waals surface area contributed by atoms with Crippen LogP contribution in [-0.2, 0) is 0 Å². The maximum atomic E-state index is 9.36. The molecule has 11 heterocycles. The van der Waals surface area contributed by atoms with E-state index in [0.29, 0.717) is 68.5 Å². The van der Waals surface area contributed by atoms with Crippen molar-refractivity contribution in [3.05, 3.63) is 508 Å². The third kappa shape index (κ3) is 16.6. The Morgan fingerprint density at radius 3 is 1.24 bits per heavy atom. The first kappa shape index (κ1) is 88.4. The lowest BCUT2D eigenvalue weighted by Crippen LogP contribution is -2.22. The molecule has 1 aliphatic carbocycles. The van der Waals surface area contributed by atoms with E-state index in [4.69, 9.17) is 81.7 Å². The molecule has 27 aromatic rings. The van der Waals surface area contributed by atoms with Crippen LogP contribution in [0.15, 0.2) is 506 Å². The number of nitrogens with zero attached hydrogens (tertiary/aromatic N) is 11. The summed E-state index contributed by atoms with van der Waals surface area (Å²) in [5.74, 6) is 4.76. The molecule has 150 heavy (non-hydrogen) atoms. The zero-order valence-corrected chi connectivity index (χ0v) is 80.1. The predicted molar refractivity (Wildman–Crippen MR) is 597 cm³/mol. The largest absolute Gasteiger partial charge is 0.484 e. The van der Waals surface area contributed by atoms with Crippen molar-refractivity contribution in [2.24, 2.45) is 4.99 Å². The molecule has 2 atom stereocenters. The number of furan rings is 5. The van der Waals surface area contributed by atoms with Gasteiger partial charge in [-0.05, 0) is 91.0 Å². The van der Waals surface area contributed by atoms with Gasteiger partial charge < -0.3 is 26.8 Å². The van der Waals surface area contributed by atoms with Gasteiger partial charge in [-0.25, -0.2) is 54.8 Å². The van der Waals surface area contributed by atoms with E-state index in [-0.39, 0.29) is 17.9 Å². The van der Waals surface area contributed by atoms with Gasteiger partial charge in [-0.1, -0.05) is 388 Å². The average molecular weight is 1930 g/mol. The molecule has 29 rings (SSSR count). The van der Waals surface area contributed by atoms with Gasteiger partial charge in [0.1, 0.15) is 79.1 Å². The van der Waals surface area contributed by atoms with Gasteiger partial charge in [-0.2, -0.15) is 0 Å². The molecule has 18 heteroatoms. The standard InChI is InChI=1S/C44H28N4O2.C44H26N4O2.C44H28N4O2/c1-4-13-27(14-5-1)35-26-36(46-43(45-35)29-17-8-3-9-18-29)30-23-24-31-32-20-12-21-34(41(32)50-38(31)25-30)44-47-39(28-15-6-2-7-16-28)42-40(48-44)33-19-10-11-22-37(33)49-42;1-4-13-27(14-5-1)34-26-35(46-43(45-34)29-17-8-3-9-18-29)30-23-24-31-38(25-30)49-37-22-12-20-33(39(31)37)44-47-40(28-15-6-2-7-16-28)42-41(48-44)32-19-10-11-21-36(32)50-42;45-43(48-41(29-16-6-2-7-17-29)39-26-31-20-10-11-24-37(31)49-39)34-23-13-25-38-40(34)33-22-12-21-32(42(33)50-38)36-27-35(28-14-4-1-5-15-28)46-44(47-36)30-18-8-3-9-19-30/h1-26,32,41H;1-26H;1-27,45H. The molecule has 10 aromatic heterocycles. The summed E-state index contributed by atoms with van der Waals surface area (Å²) in [7, 11) is 0. The maximum Gasteiger partial charge on any atom is 0.180 e. The highest BCUT2D eigenvalue weighted by atomic mass is 16.5. The van der Waals surface area contributed by atoms with E-state index in [1.165, 1.54) is 0 Å². The molecule has 0 bridgehead atoms. The molecule has 17 aromatic carbocycles. The number of hydrogen-bond donors (Lipinski definition) is 1. The fourth-order valence-corrected chi connectivity index (χ4v) is 20.2. The number of ether oxygens (including phenoxy) is 1. The first-order valence-corrected chi connectivity index (χ1v) is 49.5. The molecule has 0 saturated heterocycles. The Balaban J connectivity index is 0.000000111. The summed E-state index contributed by atoms with van der Waals surface area (Å²) < 4.78 is 38.9. The van der Waals surface area contributed by atoms with E-state index in [0.717, 1.165) is 211 Å². The van der Waals surface area contributed by atoms with Gasteiger partial charge in [0.2, 0.25) is 0 Å². The lowest BCUT2D eigenvalue weighted by Gasteiger charge is -2.22. The molecule has 1 N–H and O–H groups in total. The molecule has 0 spiro atoms. The monoisotopic (exact) mass is 1930 g/mol. The Labute approximate surface area is 858 Å². The summed E-state index contributed by atoms with van der Waals surface area (Å²) in [5.41, 5.74) is 30.2. The zero-order valence-electron chi connectivity index (χ0n) is 80.1. The normalized spacial score (nSPS) is 13.2. The molecule has 706 valence electrons. The molecule has 18 nitrogen and oxygen atoms in total. The van der Waals surface area contributed by atoms with E-state index in [2.05, 4.69) is 115 Å². The van der Waals surface area contributed by atoms with Crippen molar-refractivity contribution >= 4 is 116 Å². The molecule has 1 aliphatic heterocycles. The summed E-state index contributed by atoms with van der Waals surface area (Å²) in [5, 5.41) is 15.9. The highest BCUT2D eigenvalue weighted by molar-refractivity contribution is 6.25. The van der Waals surface area contributed by atoms with Gasteiger partial charge in [-0.3, -0.25) is 5.41 Å². The SMILES string of the molecule is C1=CC2c3ccc(-c4cc(-c5ccccc5)nc(-c5ccccc5)n4)cc3OC2C(c2nc(-c3ccccc3)c3oc4ccccc4c3n2)=C1.N=C(N=C(c1ccccc1)c1cc2ccccc2o1)c1cccc2oc3c(-c4cc(-c5ccccc5)nc(-c5ccccc5)n4)cccc3c12.c1ccc(-c2cc(-c3ccc4c(c3)oc3cccc(-c5nc(-c6ccccc6)c6oc7ccccc7c6n5)c34)nc(-c3ccccc3)n2)cc1. The number of amidine groups is 1. The molecule has 0 amide bonds. The topological polar surface area (TPSA) is 240 Å². The summed E-state index contributed by atoms with van der Waals surface area (Å²) in [6, 6.07) is 153. The second-order valence-corrected chi connectivity index (χ2v) is 36.8. The smallest absolute Gasteiger partial charge is 0.180 e. The van der Waals surface area contributed by atoms with Gasteiger partial charge in [0, 0.05) is 133 Å². The minimum absolute atomic E-state index is 0.0183. The maximum absolute atomic E-state index is 9.36. The molecule has 2 aliphatic rings. The van der Waals surface area contributed by atoms with Crippen LogP contribution in [0.25, 0.3) is 240 Å². The van der Waals surface area contributed by atoms with Gasteiger partial charge in [0.05, 0.1) is 34.2 Å². The lowest BCUT2D eigenvalue weighted by molar-refractivity contribution is 0.277. The second-order valence-electron chi connectivity index (χ2n) is 36.8. The quantitative estimate of drug-likeness (QED) is 0.0698. The third-order valence-electron chi connectivity index (χ3n) is 27.4. The summed E-state index contributed by atoms with van der Waals surface area (Å²) >= 11 is 0. The van der Waals surface area contributed by atoms with Crippen molar-refractivity contribution in [1.82, 2.24) is 49.8 Å². The Hall–Kier alpha value is -20.5. The van der Waals surface area contributed by atoms with Crippen LogP contribution in [0.2, 0.25) is 0 Å². The van der Waals surface area contributed by atoms with Crippen molar-refractivity contribution in [1.29, 1.82) is 5.41 Å². The molecule has 0 radical (unpaired) electrons. The van der Waals surface area contributed by atoms with Crippen molar-refractivity contribution < 1.29 is 26.8 Å². The van der Waals surface area contributed by atoms with E-state index >= 15 is 0 Å². The van der Waals surface area contributed by atoms with Crippen LogP contribution in [0.5, 0.6) is 5.75 Å². The van der Waals surface area contributed by atoms with E-state index < -0.39 is 0 Å². The second kappa shape index (κ2) is 38.0. The van der Waals surface area contributed by atoms with Crippen LogP contribution in [0.1, 0.15) is 34.2 Å². The van der Waals surface area contributed by atoms with Crippen molar-refractivity contribution in [2.45, 2.75) is 12.0 Å². The number of benzene rings is 17. The fraction of sp³-hybridized carbons (Fsp3) is 0.0152. The minimum atomic E-state index is -0.283. The van der Waals surface area contributed by atoms with Crippen LogP contribution in [0.3, 0.4) is 0 Å². The average Bonchev–Trinajstić information content (AvgIpc) is 1.58. The number of fused-ring (bicyclic) bond motifs is 16. The summed E-state index contributed by atoms with van der Waals surface area (Å²) in [6.45, 7) is 0. The Kier molecular flexibility index (Phi) is 22.4. The minimum Gasteiger partial charge on any atom is -0.484 e. The van der Waals surface area contributed by atoms with Gasteiger partial charge in [0.15, 0.2) is 51.9 Å². The predicted octanol–water partition coefficient (Wildman–Crippen LogP) is 32.7. The van der Waals surface area contributed by atoms with Crippen molar-refractivity contribution in [2.75, 3.05) is 0 Å². The van der Waals surface area contributed by atoms with Gasteiger partial charge >= 0.3 is 0 Å². The first-order chi connectivity index (χ1) is 74.2. The number of aliphatic imine (C=N–C) groups is 1. The molecular formula is C132H82N12O6. The van der Waals surface area contributed by atoms with Gasteiger partial charge in [-0.15, -0.1) is 0 Å². The number of rotatable bonds is 16. The molecule has 0 fully saturated rings. The van der Waals surface area contributed by atoms with E-state index in [9.17, 15) is 5.41 Å². The lowest BCUT2D eigenvalue weighted by atomic mass is 9.86. The van der Waals surface area contributed by atoms with Crippen molar-refractivity contribution in [3.8, 4) is 141 Å². The molecule has 0 saturated carbocycles. The van der Waals surface area contributed by atoms with Crippen LogP contribution in [0.4, 0.5) is 0 Å². The summed E-state index contributed by atoms with van der Waals surface area (Å²) in [6.07, 6.45) is 6.09. The Morgan fingerprint density at radius 1 is 0.267 bits per heavy atom. The van der Waals surface area contributed by atoms with Crippen LogP contribution in [0, 0.1) is 5.41 Å². The highest BCUT2D eigenvalue weighted by Gasteiger charge is 2.40. The Bertz CT molecular complexity index is 9810. The van der Waals surface area contributed by atoms with Crippen LogP contribution >= 0.6 is 0 Å². The van der Waals surface area contributed by atoms with Crippen molar-refractivity contribution in [3.63, 3.8) is 0 Å². The molecule has 2 unspecified atom stereocenters. The van der Waals surface area contributed by atoms with Crippen LogP contribution < -0.4 is 4.74 Å². The van der Waals surface area contributed by atoms with Gasteiger partial charge in [0.25, 0.3) is 0 Å². The number of aromatic nitrogens is 10.